The zero-order valence-corrected chi connectivity index (χ0v) is 21.8. The highest BCUT2D eigenvalue weighted by Gasteiger charge is 2.23. The lowest BCUT2D eigenvalue weighted by molar-refractivity contribution is -0.129. The predicted octanol–water partition coefficient (Wildman–Crippen LogP) is 3.63. The lowest BCUT2D eigenvalue weighted by Gasteiger charge is -2.32. The number of hydrogen-bond acceptors (Lipinski definition) is 5. The first-order chi connectivity index (χ1) is 18.0. The van der Waals surface area contributed by atoms with E-state index >= 15 is 0 Å². The van der Waals surface area contributed by atoms with Crippen LogP contribution in [0.4, 0.5) is 0 Å². The third kappa shape index (κ3) is 6.90. The van der Waals surface area contributed by atoms with Gasteiger partial charge in [-0.1, -0.05) is 18.2 Å². The van der Waals surface area contributed by atoms with Gasteiger partial charge in [-0.2, -0.15) is 0 Å². The molecule has 7 heteroatoms. The fourth-order valence-electron chi connectivity index (χ4n) is 5.64. The number of nitrogens with one attached hydrogen (secondary N) is 2. The van der Waals surface area contributed by atoms with Crippen LogP contribution in [0.25, 0.3) is 0 Å². The fourth-order valence-corrected chi connectivity index (χ4v) is 5.64. The number of rotatable bonds is 8. The van der Waals surface area contributed by atoms with Crippen LogP contribution in [0.1, 0.15) is 66.1 Å². The first-order valence-electron chi connectivity index (χ1n) is 13.8. The number of fused-ring (bicyclic) bond motifs is 1. The molecule has 0 saturated carbocycles. The first-order valence-corrected chi connectivity index (χ1v) is 13.8. The van der Waals surface area contributed by atoms with Crippen molar-refractivity contribution in [1.82, 2.24) is 15.5 Å². The third-order valence-corrected chi connectivity index (χ3v) is 7.95. The van der Waals surface area contributed by atoms with Gasteiger partial charge in [0.1, 0.15) is 12.4 Å². The van der Waals surface area contributed by atoms with E-state index in [1.807, 2.05) is 29.2 Å². The summed E-state index contributed by atoms with van der Waals surface area (Å²) in [6.45, 7) is 5.58. The van der Waals surface area contributed by atoms with E-state index in [0.717, 1.165) is 76.9 Å². The molecule has 0 spiro atoms. The van der Waals surface area contributed by atoms with E-state index in [4.69, 9.17) is 9.47 Å². The fraction of sp³-hybridized carbons (Fsp3) is 0.533. The molecule has 0 bridgehead atoms. The number of piperidine rings is 1. The van der Waals surface area contributed by atoms with E-state index in [1.54, 1.807) is 6.92 Å². The Morgan fingerprint density at radius 1 is 1.00 bits per heavy atom. The van der Waals surface area contributed by atoms with Crippen molar-refractivity contribution in [2.24, 2.45) is 0 Å². The number of carbonyl (C=O) groups is 2. The largest absolute Gasteiger partial charge is 0.491 e. The molecule has 2 N–H and O–H groups in total. The van der Waals surface area contributed by atoms with E-state index < -0.39 is 0 Å². The zero-order valence-electron chi connectivity index (χ0n) is 21.8. The summed E-state index contributed by atoms with van der Waals surface area (Å²) < 4.78 is 11.4. The van der Waals surface area contributed by atoms with Crippen LogP contribution < -0.4 is 15.4 Å². The summed E-state index contributed by atoms with van der Waals surface area (Å²) in [6.07, 6.45) is 7.13. The monoisotopic (exact) mass is 505 g/mol. The molecule has 37 heavy (non-hydrogen) atoms. The molecule has 2 saturated heterocycles. The van der Waals surface area contributed by atoms with Gasteiger partial charge in [-0.25, -0.2) is 0 Å². The van der Waals surface area contributed by atoms with Gasteiger partial charge in [-0.05, 0) is 85.9 Å². The smallest absolute Gasteiger partial charge is 0.251 e. The second kappa shape index (κ2) is 12.1. The van der Waals surface area contributed by atoms with Crippen LogP contribution in [0.2, 0.25) is 0 Å². The Kier molecular flexibility index (Phi) is 8.41. The van der Waals surface area contributed by atoms with Gasteiger partial charge in [0.2, 0.25) is 5.91 Å². The topological polar surface area (TPSA) is 79.9 Å². The van der Waals surface area contributed by atoms with E-state index in [9.17, 15) is 9.59 Å². The molecule has 5 rings (SSSR count). The molecule has 0 unspecified atom stereocenters. The number of hydrogen-bond donors (Lipinski definition) is 2. The van der Waals surface area contributed by atoms with Gasteiger partial charge in [-0.15, -0.1) is 0 Å². The van der Waals surface area contributed by atoms with Gasteiger partial charge in [0, 0.05) is 50.8 Å². The predicted molar refractivity (Wildman–Crippen MR) is 143 cm³/mol. The molecular weight excluding hydrogens is 466 g/mol. The molecule has 2 atom stereocenters. The van der Waals surface area contributed by atoms with Crippen molar-refractivity contribution in [3.05, 3.63) is 64.7 Å². The van der Waals surface area contributed by atoms with Crippen molar-refractivity contribution < 1.29 is 19.1 Å². The van der Waals surface area contributed by atoms with Crippen LogP contribution in [0.15, 0.2) is 42.5 Å². The minimum atomic E-state index is -0.0317. The van der Waals surface area contributed by atoms with Crippen LogP contribution >= 0.6 is 0 Å². The van der Waals surface area contributed by atoms with Crippen LogP contribution in [-0.2, 0) is 28.9 Å². The number of ether oxygens (including phenoxy) is 2. The lowest BCUT2D eigenvalue weighted by atomic mass is 9.87. The Bertz CT molecular complexity index is 1070. The van der Waals surface area contributed by atoms with Gasteiger partial charge in [0.15, 0.2) is 0 Å². The van der Waals surface area contributed by atoms with Crippen molar-refractivity contribution in [3.63, 3.8) is 0 Å². The molecule has 0 aromatic heterocycles. The van der Waals surface area contributed by atoms with Crippen molar-refractivity contribution in [3.8, 4) is 5.75 Å². The van der Waals surface area contributed by atoms with E-state index in [2.05, 4.69) is 28.8 Å². The number of likely N-dealkylation sites (tertiary alicyclic amines) is 1. The van der Waals surface area contributed by atoms with Crippen LogP contribution in [0.5, 0.6) is 5.75 Å². The summed E-state index contributed by atoms with van der Waals surface area (Å²) in [5.74, 6) is 0.914. The van der Waals surface area contributed by atoms with Crippen LogP contribution in [0, 0.1) is 0 Å². The minimum Gasteiger partial charge on any atom is -0.491 e. The Morgan fingerprint density at radius 3 is 2.54 bits per heavy atom. The molecule has 7 nitrogen and oxygen atoms in total. The number of aryl methyl sites for hydroxylation is 1. The zero-order chi connectivity index (χ0) is 25.6. The standard InChI is InChI=1S/C30H39N3O4/c1-21(34)33-14-12-26(13-15-33)31-19-22-4-5-25-18-27(9-6-24(25)17-22)32-30(35)23-7-10-28(11-8-23)37-20-29-3-2-16-36-29/h4-5,7-8,10-11,17,26-27,29,31H,2-3,6,9,12-16,18-20H2,1H3,(H,32,35)/t27-,29-/m0/s1. The lowest BCUT2D eigenvalue weighted by Crippen LogP contribution is -2.44. The molecule has 3 aliphatic rings. The average molecular weight is 506 g/mol. The number of benzene rings is 2. The molecule has 1 aliphatic carbocycles. The minimum absolute atomic E-state index is 0.0317. The Labute approximate surface area is 219 Å². The van der Waals surface area contributed by atoms with E-state index in [0.29, 0.717) is 18.2 Å². The Hall–Kier alpha value is -2.90. The molecule has 2 aliphatic heterocycles. The molecule has 2 fully saturated rings. The third-order valence-electron chi connectivity index (χ3n) is 7.95. The molecule has 2 aromatic carbocycles. The molecule has 2 aromatic rings. The maximum Gasteiger partial charge on any atom is 0.251 e. The van der Waals surface area contributed by atoms with Gasteiger partial charge >= 0.3 is 0 Å². The van der Waals surface area contributed by atoms with Gasteiger partial charge < -0.3 is 25.0 Å². The average Bonchev–Trinajstić information content (AvgIpc) is 3.45. The summed E-state index contributed by atoms with van der Waals surface area (Å²) in [5.41, 5.74) is 4.68. The highest BCUT2D eigenvalue weighted by molar-refractivity contribution is 5.94. The second-order valence-electron chi connectivity index (χ2n) is 10.6. The molecular formula is C30H39N3O4. The van der Waals surface area contributed by atoms with Crippen molar-refractivity contribution in [2.45, 2.75) is 76.6 Å². The maximum atomic E-state index is 12.8. The van der Waals surface area contributed by atoms with Gasteiger partial charge in [-0.3, -0.25) is 9.59 Å². The second-order valence-corrected chi connectivity index (χ2v) is 10.6. The first kappa shape index (κ1) is 25.7. The molecule has 2 amide bonds. The Balaban J connectivity index is 1.07. The summed E-state index contributed by atoms with van der Waals surface area (Å²) >= 11 is 0. The van der Waals surface area contributed by atoms with Crippen LogP contribution in [0.3, 0.4) is 0 Å². The highest BCUT2D eigenvalue weighted by atomic mass is 16.5. The maximum absolute atomic E-state index is 12.8. The van der Waals surface area contributed by atoms with Crippen molar-refractivity contribution in [2.75, 3.05) is 26.3 Å². The van der Waals surface area contributed by atoms with Gasteiger partial charge in [0.25, 0.3) is 5.91 Å². The number of nitrogens with zero attached hydrogens (tertiary/aromatic N) is 1. The highest BCUT2D eigenvalue weighted by Crippen LogP contribution is 2.24. The van der Waals surface area contributed by atoms with Crippen LogP contribution in [-0.4, -0.2) is 61.2 Å². The van der Waals surface area contributed by atoms with Gasteiger partial charge in [0.05, 0.1) is 6.10 Å². The number of amides is 2. The number of carbonyl (C=O) groups excluding carboxylic acids is 2. The molecule has 198 valence electrons. The summed E-state index contributed by atoms with van der Waals surface area (Å²) in [5, 5.41) is 6.90. The van der Waals surface area contributed by atoms with Crippen molar-refractivity contribution in [1.29, 1.82) is 0 Å². The Morgan fingerprint density at radius 2 is 1.81 bits per heavy atom. The molecule has 0 radical (unpaired) electrons. The molecule has 2 heterocycles. The summed E-state index contributed by atoms with van der Waals surface area (Å²) in [6, 6.07) is 14.8. The summed E-state index contributed by atoms with van der Waals surface area (Å²) in [7, 11) is 0. The SMILES string of the molecule is CC(=O)N1CCC(NCc2ccc3c(c2)CC[C@H](NC(=O)c2ccc(OC[C@@H]4CCCO4)cc2)C3)CC1. The van der Waals surface area contributed by atoms with Crippen molar-refractivity contribution >= 4 is 11.8 Å². The summed E-state index contributed by atoms with van der Waals surface area (Å²) in [4.78, 5) is 26.3. The van der Waals surface area contributed by atoms with E-state index in [-0.39, 0.29) is 24.0 Å². The quantitative estimate of drug-likeness (QED) is 0.573. The normalized spacial score (nSPS) is 21.9. The van der Waals surface area contributed by atoms with E-state index in [1.165, 1.54) is 16.7 Å².